The highest BCUT2D eigenvalue weighted by Gasteiger charge is 2.46. The lowest BCUT2D eigenvalue weighted by Crippen LogP contribution is -2.26. The molecule has 120 valence electrons. The van der Waals surface area contributed by atoms with Gasteiger partial charge < -0.3 is 0 Å². The highest BCUT2D eigenvalue weighted by atomic mass is 14.9. The van der Waals surface area contributed by atoms with E-state index >= 15 is 0 Å². The van der Waals surface area contributed by atoms with Crippen LogP contribution in [0.15, 0.2) is 96.0 Å². The van der Waals surface area contributed by atoms with Gasteiger partial charge in [0.25, 0.3) is 0 Å². The van der Waals surface area contributed by atoms with Crippen molar-refractivity contribution in [3.8, 4) is 6.07 Å². The molecule has 2 atom stereocenters. The minimum absolute atomic E-state index is 0.0105. The molecule has 0 saturated heterocycles. The topological polar surface area (TPSA) is 36.1 Å². The van der Waals surface area contributed by atoms with Gasteiger partial charge in [0, 0.05) is 18.1 Å². The summed E-state index contributed by atoms with van der Waals surface area (Å²) in [5.41, 5.74) is 3.32. The van der Waals surface area contributed by atoms with Gasteiger partial charge in [-0.2, -0.15) is 5.26 Å². The summed E-state index contributed by atoms with van der Waals surface area (Å²) in [6, 6.07) is 33.0. The molecule has 1 heterocycles. The Morgan fingerprint density at radius 2 is 1.36 bits per heavy atom. The van der Waals surface area contributed by atoms with E-state index in [0.29, 0.717) is 0 Å². The molecule has 0 N–H and O–H groups in total. The van der Waals surface area contributed by atoms with Crippen LogP contribution < -0.4 is 0 Å². The molecule has 0 aliphatic carbocycles. The fraction of sp³-hybridized carbons (Fsp3) is 0.130. The fourth-order valence-electron chi connectivity index (χ4n) is 3.66. The number of nitrogens with zero attached hydrogens (tertiary/aromatic N) is 2. The van der Waals surface area contributed by atoms with Crippen LogP contribution in [0.5, 0.6) is 0 Å². The lowest BCUT2D eigenvalue weighted by atomic mass is 9.76. The lowest BCUT2D eigenvalue weighted by Gasteiger charge is -2.27. The molecule has 2 nitrogen and oxygen atoms in total. The third-order valence-corrected chi connectivity index (χ3v) is 4.91. The summed E-state index contributed by atoms with van der Waals surface area (Å²) in [7, 11) is 0. The Kier molecular flexibility index (Phi) is 3.91. The first kappa shape index (κ1) is 15.4. The Labute approximate surface area is 148 Å². The van der Waals surface area contributed by atoms with Crippen molar-refractivity contribution in [2.75, 3.05) is 0 Å². The molecule has 1 aliphatic heterocycles. The number of hydrogen-bond acceptors (Lipinski definition) is 2. The third kappa shape index (κ3) is 2.64. The lowest BCUT2D eigenvalue weighted by molar-refractivity contribution is 0.496. The minimum Gasteiger partial charge on any atom is -0.262 e. The van der Waals surface area contributed by atoms with Gasteiger partial charge in [0.1, 0.15) is 0 Å². The molecule has 4 rings (SSSR count). The second-order valence-corrected chi connectivity index (χ2v) is 6.34. The zero-order valence-electron chi connectivity index (χ0n) is 13.8. The first-order valence-corrected chi connectivity index (χ1v) is 8.49. The summed E-state index contributed by atoms with van der Waals surface area (Å²) in [6.45, 7) is 0. The van der Waals surface area contributed by atoms with Crippen LogP contribution in [0.3, 0.4) is 0 Å². The highest BCUT2D eigenvalue weighted by molar-refractivity contribution is 6.03. The Hall–Kier alpha value is -3.18. The van der Waals surface area contributed by atoms with Crippen LogP contribution in [0.2, 0.25) is 0 Å². The van der Waals surface area contributed by atoms with Crippen molar-refractivity contribution in [3.05, 3.63) is 108 Å². The summed E-state index contributed by atoms with van der Waals surface area (Å²) in [6.07, 6.45) is 0.760. The van der Waals surface area contributed by atoms with Gasteiger partial charge in [0.15, 0.2) is 5.54 Å². The SMILES string of the molecule is N#CC1(c2ccccc2)N=C(c2ccccc2)CC1c1ccccc1. The Morgan fingerprint density at radius 3 is 1.96 bits per heavy atom. The van der Waals surface area contributed by atoms with Gasteiger partial charge in [-0.05, 0) is 16.7 Å². The standard InChI is InChI=1S/C23H18N2/c24-17-23(20-14-8-3-9-15-20)21(18-10-4-1-5-11-18)16-22(25-23)19-12-6-2-7-13-19/h1-15,21H,16H2. The van der Waals surface area contributed by atoms with E-state index < -0.39 is 5.54 Å². The zero-order chi connectivity index (χ0) is 17.1. The van der Waals surface area contributed by atoms with Crippen molar-refractivity contribution >= 4 is 5.71 Å². The van der Waals surface area contributed by atoms with Crippen LogP contribution in [0.4, 0.5) is 0 Å². The quantitative estimate of drug-likeness (QED) is 0.662. The van der Waals surface area contributed by atoms with E-state index in [9.17, 15) is 5.26 Å². The third-order valence-electron chi connectivity index (χ3n) is 4.91. The van der Waals surface area contributed by atoms with Crippen LogP contribution in [-0.4, -0.2) is 5.71 Å². The van der Waals surface area contributed by atoms with Crippen LogP contribution in [0, 0.1) is 11.3 Å². The highest BCUT2D eigenvalue weighted by Crippen LogP contribution is 2.47. The Balaban J connectivity index is 1.89. The van der Waals surface area contributed by atoms with E-state index in [1.54, 1.807) is 0 Å². The maximum atomic E-state index is 10.2. The van der Waals surface area contributed by atoms with E-state index in [0.717, 1.165) is 28.8 Å². The number of hydrogen-bond donors (Lipinski definition) is 0. The number of nitriles is 1. The van der Waals surface area contributed by atoms with Gasteiger partial charge in [0.2, 0.25) is 0 Å². The maximum Gasteiger partial charge on any atom is 0.179 e. The summed E-state index contributed by atoms with van der Waals surface area (Å²) < 4.78 is 0. The number of rotatable bonds is 3. The molecular formula is C23H18N2. The fourth-order valence-corrected chi connectivity index (χ4v) is 3.66. The van der Waals surface area contributed by atoms with E-state index in [1.807, 2.05) is 66.7 Å². The van der Waals surface area contributed by atoms with Crippen LogP contribution in [0.25, 0.3) is 0 Å². The molecule has 3 aromatic rings. The van der Waals surface area contributed by atoms with Crippen molar-refractivity contribution in [3.63, 3.8) is 0 Å². The maximum absolute atomic E-state index is 10.2. The second kappa shape index (κ2) is 6.37. The van der Waals surface area contributed by atoms with Crippen molar-refractivity contribution in [1.29, 1.82) is 5.26 Å². The van der Waals surface area contributed by atoms with Gasteiger partial charge in [-0.15, -0.1) is 0 Å². The van der Waals surface area contributed by atoms with Gasteiger partial charge in [0.05, 0.1) is 6.07 Å². The molecule has 0 saturated carbocycles. The molecule has 25 heavy (non-hydrogen) atoms. The zero-order valence-corrected chi connectivity index (χ0v) is 13.8. The van der Waals surface area contributed by atoms with Gasteiger partial charge in [-0.3, -0.25) is 4.99 Å². The van der Waals surface area contributed by atoms with Crippen LogP contribution in [0.1, 0.15) is 29.0 Å². The van der Waals surface area contributed by atoms with E-state index in [2.05, 4.69) is 30.3 Å². The predicted molar refractivity (Wildman–Crippen MR) is 101 cm³/mol. The van der Waals surface area contributed by atoms with Crippen LogP contribution >= 0.6 is 0 Å². The smallest absolute Gasteiger partial charge is 0.179 e. The summed E-state index contributed by atoms with van der Waals surface area (Å²) in [5, 5.41) is 10.2. The van der Waals surface area contributed by atoms with Gasteiger partial charge in [-0.25, -0.2) is 0 Å². The number of aliphatic imine (C=N–C) groups is 1. The molecule has 0 aromatic heterocycles. The molecule has 3 aromatic carbocycles. The molecule has 1 aliphatic rings. The summed E-state index contributed by atoms with van der Waals surface area (Å²) in [5.74, 6) is 0.0105. The monoisotopic (exact) mass is 322 g/mol. The summed E-state index contributed by atoms with van der Waals surface area (Å²) in [4.78, 5) is 4.99. The predicted octanol–water partition coefficient (Wildman–Crippen LogP) is 5.08. The normalized spacial score (nSPS) is 22.2. The van der Waals surface area contributed by atoms with Gasteiger partial charge >= 0.3 is 0 Å². The molecular weight excluding hydrogens is 304 g/mol. The molecule has 0 radical (unpaired) electrons. The minimum atomic E-state index is -0.881. The van der Waals surface area contributed by atoms with E-state index in [1.165, 1.54) is 0 Å². The molecule has 0 amide bonds. The average Bonchev–Trinajstić information content (AvgIpc) is 3.11. The van der Waals surface area contributed by atoms with Crippen molar-refractivity contribution in [2.24, 2.45) is 4.99 Å². The van der Waals surface area contributed by atoms with Crippen LogP contribution in [-0.2, 0) is 5.54 Å². The van der Waals surface area contributed by atoms with Crippen molar-refractivity contribution < 1.29 is 0 Å². The van der Waals surface area contributed by atoms with Crippen molar-refractivity contribution in [1.82, 2.24) is 0 Å². The first-order chi connectivity index (χ1) is 12.3. The first-order valence-electron chi connectivity index (χ1n) is 8.49. The van der Waals surface area contributed by atoms with Crippen molar-refractivity contribution in [2.45, 2.75) is 17.9 Å². The molecule has 0 bridgehead atoms. The molecule has 0 spiro atoms. The van der Waals surface area contributed by atoms with E-state index in [4.69, 9.17) is 4.99 Å². The van der Waals surface area contributed by atoms with Gasteiger partial charge in [-0.1, -0.05) is 91.0 Å². The Bertz CT molecular complexity index is 924. The average molecular weight is 322 g/mol. The largest absolute Gasteiger partial charge is 0.262 e. The molecule has 2 heteroatoms. The molecule has 2 unspecified atom stereocenters. The second-order valence-electron chi connectivity index (χ2n) is 6.34. The number of benzene rings is 3. The summed E-state index contributed by atoms with van der Waals surface area (Å²) >= 11 is 0. The molecule has 0 fully saturated rings. The Morgan fingerprint density at radius 1 is 0.800 bits per heavy atom. The van der Waals surface area contributed by atoms with E-state index in [-0.39, 0.29) is 5.92 Å².